The van der Waals surface area contributed by atoms with Crippen LogP contribution < -0.4 is 5.73 Å². The van der Waals surface area contributed by atoms with Crippen LogP contribution in [-0.2, 0) is 16.4 Å². The molecule has 0 aliphatic rings. The summed E-state index contributed by atoms with van der Waals surface area (Å²) in [5, 5.41) is 0.326. The molecule has 2 N–H and O–H groups in total. The number of sulfone groups is 1. The van der Waals surface area contributed by atoms with Gasteiger partial charge in [-0.3, -0.25) is 0 Å². The number of hydrogen-bond acceptors (Lipinski definition) is 5. The summed E-state index contributed by atoms with van der Waals surface area (Å²) in [5.74, 6) is 0.495. The molecule has 0 spiro atoms. The Bertz CT molecular complexity index is 1380. The molecule has 2 aromatic heterocycles. The second-order valence-corrected chi connectivity index (χ2v) is 10.2. The van der Waals surface area contributed by atoms with Gasteiger partial charge < -0.3 is 10.3 Å². The van der Waals surface area contributed by atoms with Crippen LogP contribution in [0.25, 0.3) is 22.2 Å². The number of benzene rings is 2. The van der Waals surface area contributed by atoms with Crippen LogP contribution in [0.15, 0.2) is 52.3 Å². The van der Waals surface area contributed by atoms with Crippen molar-refractivity contribution in [2.24, 2.45) is 5.92 Å². The van der Waals surface area contributed by atoms with Gasteiger partial charge >= 0.3 is 0 Å². The summed E-state index contributed by atoms with van der Waals surface area (Å²) in [6, 6.07) is 11.6. The maximum atomic E-state index is 13.6. The standard InChI is InChI=1S/C21H20Cl2N4O2S/c1-12(2)9-10-27-20(24)19(30(28,29)17-11-13(22)7-8-14(17)23)18-21(27)26-16-6-4-3-5-15(16)25-18/h3-8,11-12H,9-10,24H2,1-2H3. The zero-order valence-electron chi connectivity index (χ0n) is 16.4. The molecule has 0 radical (unpaired) electrons. The second kappa shape index (κ2) is 7.72. The van der Waals surface area contributed by atoms with E-state index in [1.54, 1.807) is 10.6 Å². The fourth-order valence-electron chi connectivity index (χ4n) is 3.36. The minimum absolute atomic E-state index is 0.0654. The molecule has 30 heavy (non-hydrogen) atoms. The molecule has 2 heterocycles. The lowest BCUT2D eigenvalue weighted by Gasteiger charge is -2.10. The number of aryl methyl sites for hydroxylation is 1. The average Bonchev–Trinajstić information content (AvgIpc) is 2.97. The van der Waals surface area contributed by atoms with Gasteiger partial charge in [0.05, 0.1) is 21.0 Å². The molecular formula is C21H20Cl2N4O2S. The number of rotatable bonds is 5. The first-order valence-corrected chi connectivity index (χ1v) is 11.7. The minimum Gasteiger partial charge on any atom is -0.384 e. The Morgan fingerprint density at radius 3 is 2.40 bits per heavy atom. The second-order valence-electron chi connectivity index (χ2n) is 7.51. The molecule has 0 unspecified atom stereocenters. The van der Waals surface area contributed by atoms with E-state index in [1.807, 2.05) is 18.2 Å². The highest BCUT2D eigenvalue weighted by molar-refractivity contribution is 7.92. The Morgan fingerprint density at radius 2 is 1.73 bits per heavy atom. The monoisotopic (exact) mass is 462 g/mol. The SMILES string of the molecule is CC(C)CCn1c(N)c(S(=O)(=O)c2cc(Cl)ccc2Cl)c2nc3ccccc3nc21. The molecule has 0 fully saturated rings. The molecule has 0 aliphatic carbocycles. The molecule has 0 saturated carbocycles. The highest BCUT2D eigenvalue weighted by Crippen LogP contribution is 2.38. The van der Waals surface area contributed by atoms with Crippen molar-refractivity contribution in [1.82, 2.24) is 14.5 Å². The minimum atomic E-state index is -4.10. The van der Waals surface area contributed by atoms with Gasteiger partial charge in [0.1, 0.15) is 16.2 Å². The molecular weight excluding hydrogens is 443 g/mol. The molecule has 0 saturated heterocycles. The van der Waals surface area contributed by atoms with E-state index in [9.17, 15) is 8.42 Å². The summed E-state index contributed by atoms with van der Waals surface area (Å²) < 4.78 is 29.0. The lowest BCUT2D eigenvalue weighted by Crippen LogP contribution is -2.09. The molecule has 0 amide bonds. The average molecular weight is 463 g/mol. The molecule has 156 valence electrons. The van der Waals surface area contributed by atoms with Crippen molar-refractivity contribution in [2.75, 3.05) is 5.73 Å². The molecule has 6 nitrogen and oxygen atoms in total. The van der Waals surface area contributed by atoms with Gasteiger partial charge in [-0.25, -0.2) is 18.4 Å². The summed E-state index contributed by atoms with van der Waals surface area (Å²) in [4.78, 5) is 9.09. The maximum absolute atomic E-state index is 13.6. The van der Waals surface area contributed by atoms with Gasteiger partial charge in [0, 0.05) is 11.6 Å². The first-order valence-electron chi connectivity index (χ1n) is 9.44. The van der Waals surface area contributed by atoms with E-state index >= 15 is 0 Å². The first-order chi connectivity index (χ1) is 14.2. The number of para-hydroxylation sites is 2. The number of nitrogen functional groups attached to an aromatic ring is 1. The van der Waals surface area contributed by atoms with Crippen LogP contribution in [0, 0.1) is 5.92 Å². The van der Waals surface area contributed by atoms with E-state index in [2.05, 4.69) is 23.8 Å². The normalized spacial score (nSPS) is 12.3. The molecule has 0 aliphatic heterocycles. The van der Waals surface area contributed by atoms with Crippen molar-refractivity contribution in [2.45, 2.75) is 36.6 Å². The predicted octanol–water partition coefficient (Wildman–Crippen LogP) is 5.35. The highest BCUT2D eigenvalue weighted by Gasteiger charge is 2.31. The number of nitrogens with zero attached hydrogens (tertiary/aromatic N) is 3. The van der Waals surface area contributed by atoms with Crippen molar-refractivity contribution in [3.8, 4) is 0 Å². The lowest BCUT2D eigenvalue weighted by molar-refractivity contribution is 0.525. The topological polar surface area (TPSA) is 90.9 Å². The summed E-state index contributed by atoms with van der Waals surface area (Å²) in [6.07, 6.45) is 0.805. The lowest BCUT2D eigenvalue weighted by atomic mass is 10.1. The van der Waals surface area contributed by atoms with E-state index in [1.165, 1.54) is 18.2 Å². The fraction of sp³-hybridized carbons (Fsp3) is 0.238. The highest BCUT2D eigenvalue weighted by atomic mass is 35.5. The largest absolute Gasteiger partial charge is 0.384 e. The Kier molecular flexibility index (Phi) is 5.38. The van der Waals surface area contributed by atoms with E-state index in [4.69, 9.17) is 28.9 Å². The van der Waals surface area contributed by atoms with E-state index in [-0.39, 0.29) is 31.2 Å². The van der Waals surface area contributed by atoms with Gasteiger partial charge in [-0.1, -0.05) is 49.2 Å². The van der Waals surface area contributed by atoms with Crippen molar-refractivity contribution in [3.05, 3.63) is 52.5 Å². The fourth-order valence-corrected chi connectivity index (χ4v) is 5.62. The number of halogens is 2. The quantitative estimate of drug-likeness (QED) is 0.431. The smallest absolute Gasteiger partial charge is 0.213 e. The zero-order chi connectivity index (χ0) is 21.6. The maximum Gasteiger partial charge on any atom is 0.213 e. The van der Waals surface area contributed by atoms with E-state index in [0.29, 0.717) is 29.1 Å². The third kappa shape index (κ3) is 3.51. The first kappa shape index (κ1) is 20.9. The Balaban J connectivity index is 2.07. The van der Waals surface area contributed by atoms with Crippen molar-refractivity contribution in [3.63, 3.8) is 0 Å². The van der Waals surface area contributed by atoms with E-state index in [0.717, 1.165) is 6.42 Å². The van der Waals surface area contributed by atoms with Gasteiger partial charge in [-0.05, 0) is 42.7 Å². The summed E-state index contributed by atoms with van der Waals surface area (Å²) in [7, 11) is -4.10. The van der Waals surface area contributed by atoms with Crippen LogP contribution in [-0.4, -0.2) is 23.0 Å². The molecule has 0 atom stereocenters. The van der Waals surface area contributed by atoms with Crippen LogP contribution in [0.4, 0.5) is 5.82 Å². The van der Waals surface area contributed by atoms with Gasteiger partial charge in [-0.2, -0.15) is 0 Å². The number of aromatic nitrogens is 3. The predicted molar refractivity (Wildman–Crippen MR) is 121 cm³/mol. The van der Waals surface area contributed by atoms with Crippen molar-refractivity contribution >= 4 is 61.1 Å². The Labute approximate surface area is 184 Å². The van der Waals surface area contributed by atoms with Gasteiger partial charge in [-0.15, -0.1) is 0 Å². The Hall–Kier alpha value is -2.35. The molecule has 4 rings (SSSR count). The van der Waals surface area contributed by atoms with Crippen LogP contribution in [0.1, 0.15) is 20.3 Å². The number of nitrogens with two attached hydrogens (primary N) is 1. The van der Waals surface area contributed by atoms with E-state index < -0.39 is 9.84 Å². The molecule has 4 aromatic rings. The summed E-state index contributed by atoms with van der Waals surface area (Å²) in [5.41, 5.74) is 8.31. The summed E-state index contributed by atoms with van der Waals surface area (Å²) in [6.45, 7) is 4.70. The zero-order valence-corrected chi connectivity index (χ0v) is 18.8. The van der Waals surface area contributed by atoms with Crippen LogP contribution in [0.2, 0.25) is 10.0 Å². The number of anilines is 1. The van der Waals surface area contributed by atoms with Crippen LogP contribution in [0.5, 0.6) is 0 Å². The Morgan fingerprint density at radius 1 is 1.07 bits per heavy atom. The van der Waals surface area contributed by atoms with Crippen molar-refractivity contribution in [1.29, 1.82) is 0 Å². The number of hydrogen-bond donors (Lipinski definition) is 1. The third-order valence-electron chi connectivity index (χ3n) is 4.93. The number of fused-ring (bicyclic) bond motifs is 2. The van der Waals surface area contributed by atoms with Crippen LogP contribution >= 0.6 is 23.2 Å². The van der Waals surface area contributed by atoms with Gasteiger partial charge in [0.25, 0.3) is 0 Å². The molecule has 9 heteroatoms. The third-order valence-corrected chi connectivity index (χ3v) is 7.46. The molecule has 0 bridgehead atoms. The van der Waals surface area contributed by atoms with Gasteiger partial charge in [0.2, 0.25) is 9.84 Å². The van der Waals surface area contributed by atoms with Gasteiger partial charge in [0.15, 0.2) is 5.65 Å². The molecule has 2 aromatic carbocycles. The van der Waals surface area contributed by atoms with Crippen molar-refractivity contribution < 1.29 is 8.42 Å². The summed E-state index contributed by atoms with van der Waals surface area (Å²) >= 11 is 12.3. The van der Waals surface area contributed by atoms with Crippen LogP contribution in [0.3, 0.4) is 0 Å².